The SMILES string of the molecule is CC(Oc1ccccc1Cc1ccccc1)C(=O)NCC1CCNCC1. The Bertz CT molecular complexity index is 696. The summed E-state index contributed by atoms with van der Waals surface area (Å²) in [6.45, 7) is 4.63. The molecule has 0 bridgehead atoms. The molecule has 0 aromatic heterocycles. The number of carbonyl (C=O) groups excluding carboxylic acids is 1. The lowest BCUT2D eigenvalue weighted by Gasteiger charge is -2.24. The number of nitrogens with one attached hydrogen (secondary N) is 2. The number of hydrogen-bond acceptors (Lipinski definition) is 3. The van der Waals surface area contributed by atoms with Crippen molar-refractivity contribution in [2.45, 2.75) is 32.3 Å². The standard InChI is InChI=1S/C22H28N2O2/c1-17(22(25)24-16-19-11-13-23-14-12-19)26-21-10-6-5-9-20(21)15-18-7-3-2-4-8-18/h2-10,17,19,23H,11-16H2,1H3,(H,24,25). The highest BCUT2D eigenvalue weighted by atomic mass is 16.5. The summed E-state index contributed by atoms with van der Waals surface area (Å²) in [4.78, 5) is 12.4. The smallest absolute Gasteiger partial charge is 0.260 e. The van der Waals surface area contributed by atoms with Crippen LogP contribution in [-0.2, 0) is 11.2 Å². The zero-order chi connectivity index (χ0) is 18.2. The summed E-state index contributed by atoms with van der Waals surface area (Å²) in [6.07, 6.45) is 2.53. The van der Waals surface area contributed by atoms with Crippen LogP contribution in [0.4, 0.5) is 0 Å². The molecule has 1 fully saturated rings. The van der Waals surface area contributed by atoms with Crippen LogP contribution in [0, 0.1) is 5.92 Å². The van der Waals surface area contributed by atoms with Crippen LogP contribution < -0.4 is 15.4 Å². The largest absolute Gasteiger partial charge is 0.481 e. The third-order valence-corrected chi connectivity index (χ3v) is 4.91. The van der Waals surface area contributed by atoms with Gasteiger partial charge < -0.3 is 15.4 Å². The molecule has 1 atom stereocenters. The zero-order valence-electron chi connectivity index (χ0n) is 15.4. The number of amides is 1. The van der Waals surface area contributed by atoms with E-state index in [0.717, 1.165) is 50.2 Å². The van der Waals surface area contributed by atoms with E-state index in [1.54, 1.807) is 0 Å². The van der Waals surface area contributed by atoms with Gasteiger partial charge in [0.1, 0.15) is 5.75 Å². The molecule has 1 saturated heterocycles. The van der Waals surface area contributed by atoms with Gasteiger partial charge in [0, 0.05) is 13.0 Å². The second-order valence-corrected chi connectivity index (χ2v) is 6.97. The van der Waals surface area contributed by atoms with Gasteiger partial charge in [-0.25, -0.2) is 0 Å². The van der Waals surface area contributed by atoms with E-state index in [0.29, 0.717) is 5.92 Å². The molecule has 26 heavy (non-hydrogen) atoms. The van der Waals surface area contributed by atoms with Gasteiger partial charge in [-0.05, 0) is 56.0 Å². The van der Waals surface area contributed by atoms with Gasteiger partial charge in [0.15, 0.2) is 6.10 Å². The van der Waals surface area contributed by atoms with Gasteiger partial charge in [-0.15, -0.1) is 0 Å². The fourth-order valence-electron chi connectivity index (χ4n) is 3.30. The molecule has 1 heterocycles. The maximum atomic E-state index is 12.4. The summed E-state index contributed by atoms with van der Waals surface area (Å²) in [7, 11) is 0. The number of piperidine rings is 1. The Labute approximate surface area is 156 Å². The lowest BCUT2D eigenvalue weighted by Crippen LogP contribution is -2.41. The highest BCUT2D eigenvalue weighted by Crippen LogP contribution is 2.22. The van der Waals surface area contributed by atoms with E-state index in [2.05, 4.69) is 28.8 Å². The minimum absolute atomic E-state index is 0.0435. The van der Waals surface area contributed by atoms with Gasteiger partial charge in [-0.2, -0.15) is 0 Å². The molecule has 4 nitrogen and oxygen atoms in total. The van der Waals surface area contributed by atoms with Crippen molar-refractivity contribution in [1.82, 2.24) is 10.6 Å². The maximum Gasteiger partial charge on any atom is 0.260 e. The second-order valence-electron chi connectivity index (χ2n) is 6.97. The minimum atomic E-state index is -0.506. The van der Waals surface area contributed by atoms with Gasteiger partial charge in [-0.1, -0.05) is 48.5 Å². The van der Waals surface area contributed by atoms with Crippen LogP contribution in [0.15, 0.2) is 54.6 Å². The molecule has 1 amide bonds. The van der Waals surface area contributed by atoms with E-state index in [1.807, 2.05) is 43.3 Å². The topological polar surface area (TPSA) is 50.4 Å². The van der Waals surface area contributed by atoms with Gasteiger partial charge >= 0.3 is 0 Å². The predicted molar refractivity (Wildman–Crippen MR) is 104 cm³/mol. The monoisotopic (exact) mass is 352 g/mol. The average molecular weight is 352 g/mol. The van der Waals surface area contributed by atoms with Crippen molar-refractivity contribution in [2.24, 2.45) is 5.92 Å². The van der Waals surface area contributed by atoms with E-state index in [1.165, 1.54) is 5.56 Å². The van der Waals surface area contributed by atoms with E-state index < -0.39 is 6.10 Å². The van der Waals surface area contributed by atoms with Crippen molar-refractivity contribution in [3.05, 3.63) is 65.7 Å². The molecule has 0 radical (unpaired) electrons. The minimum Gasteiger partial charge on any atom is -0.481 e. The molecule has 2 N–H and O–H groups in total. The summed E-state index contributed by atoms with van der Waals surface area (Å²) in [6, 6.07) is 18.2. The Morgan fingerprint density at radius 2 is 1.81 bits per heavy atom. The van der Waals surface area contributed by atoms with Crippen molar-refractivity contribution in [1.29, 1.82) is 0 Å². The summed E-state index contributed by atoms with van der Waals surface area (Å²) >= 11 is 0. The Kier molecular flexibility index (Phi) is 6.67. The summed E-state index contributed by atoms with van der Waals surface area (Å²) in [5.41, 5.74) is 2.32. The van der Waals surface area contributed by atoms with Crippen LogP contribution in [0.5, 0.6) is 5.75 Å². The molecule has 1 aliphatic rings. The molecule has 4 heteroatoms. The molecule has 2 aromatic rings. The highest BCUT2D eigenvalue weighted by molar-refractivity contribution is 5.80. The molecule has 138 valence electrons. The molecule has 0 spiro atoms. The third-order valence-electron chi connectivity index (χ3n) is 4.91. The van der Waals surface area contributed by atoms with Crippen molar-refractivity contribution in [3.63, 3.8) is 0 Å². The second kappa shape index (κ2) is 9.39. The predicted octanol–water partition coefficient (Wildman–Crippen LogP) is 3.16. The van der Waals surface area contributed by atoms with Gasteiger partial charge in [-0.3, -0.25) is 4.79 Å². The van der Waals surface area contributed by atoms with E-state index in [-0.39, 0.29) is 5.91 Å². The fourth-order valence-corrected chi connectivity index (χ4v) is 3.30. The van der Waals surface area contributed by atoms with Crippen molar-refractivity contribution in [2.75, 3.05) is 19.6 Å². The number of hydrogen-bond donors (Lipinski definition) is 2. The number of ether oxygens (including phenoxy) is 1. The molecular weight excluding hydrogens is 324 g/mol. The van der Waals surface area contributed by atoms with E-state index in [4.69, 9.17) is 4.74 Å². The van der Waals surface area contributed by atoms with Crippen LogP contribution >= 0.6 is 0 Å². The number of para-hydroxylation sites is 1. The van der Waals surface area contributed by atoms with Gasteiger partial charge in [0.2, 0.25) is 0 Å². The van der Waals surface area contributed by atoms with Crippen molar-refractivity contribution < 1.29 is 9.53 Å². The molecule has 0 aliphatic carbocycles. The zero-order valence-corrected chi connectivity index (χ0v) is 15.4. The summed E-state index contributed by atoms with van der Waals surface area (Å²) < 4.78 is 5.99. The van der Waals surface area contributed by atoms with Gasteiger partial charge in [0.05, 0.1) is 0 Å². The van der Waals surface area contributed by atoms with Crippen LogP contribution in [0.1, 0.15) is 30.9 Å². The Hall–Kier alpha value is -2.33. The third kappa shape index (κ3) is 5.33. The van der Waals surface area contributed by atoms with E-state index in [9.17, 15) is 4.79 Å². The van der Waals surface area contributed by atoms with Crippen LogP contribution in [0.25, 0.3) is 0 Å². The first-order valence-corrected chi connectivity index (χ1v) is 9.49. The molecule has 1 unspecified atom stereocenters. The Morgan fingerprint density at radius 3 is 2.58 bits per heavy atom. The lowest BCUT2D eigenvalue weighted by molar-refractivity contribution is -0.127. The Balaban J connectivity index is 1.56. The quantitative estimate of drug-likeness (QED) is 0.805. The Morgan fingerprint density at radius 1 is 1.12 bits per heavy atom. The number of rotatable bonds is 7. The lowest BCUT2D eigenvalue weighted by atomic mass is 9.98. The van der Waals surface area contributed by atoms with Gasteiger partial charge in [0.25, 0.3) is 5.91 Å². The molecular formula is C22H28N2O2. The highest BCUT2D eigenvalue weighted by Gasteiger charge is 2.19. The first-order valence-electron chi connectivity index (χ1n) is 9.49. The molecule has 0 saturated carbocycles. The molecule has 3 rings (SSSR count). The van der Waals surface area contributed by atoms with E-state index >= 15 is 0 Å². The maximum absolute atomic E-state index is 12.4. The average Bonchev–Trinajstić information content (AvgIpc) is 2.69. The first kappa shape index (κ1) is 18.5. The van der Waals surface area contributed by atoms with Crippen LogP contribution in [-0.4, -0.2) is 31.6 Å². The summed E-state index contributed by atoms with van der Waals surface area (Å²) in [5.74, 6) is 1.30. The normalized spacial score (nSPS) is 16.0. The summed E-state index contributed by atoms with van der Waals surface area (Å²) in [5, 5.41) is 6.40. The van der Waals surface area contributed by atoms with Crippen molar-refractivity contribution in [3.8, 4) is 5.75 Å². The first-order chi connectivity index (χ1) is 12.7. The number of carbonyl (C=O) groups is 1. The van der Waals surface area contributed by atoms with Crippen LogP contribution in [0.3, 0.4) is 0 Å². The van der Waals surface area contributed by atoms with Crippen LogP contribution in [0.2, 0.25) is 0 Å². The fraction of sp³-hybridized carbons (Fsp3) is 0.409. The van der Waals surface area contributed by atoms with Crippen molar-refractivity contribution >= 4 is 5.91 Å². The number of benzene rings is 2. The molecule has 2 aromatic carbocycles. The molecule has 1 aliphatic heterocycles.